The normalized spacial score (nSPS) is 15.5. The standard InChI is InChI=1S/C4H12N2O7P2/c1-3(5)6-2-4(7,14(8,9)10)15(11,12)13/h7H,2H2,1H3,(H2,5,6)(H2,8,9,10)(H2,11,12,13). The maximum Gasteiger partial charge on any atom is 0.371 e. The van der Waals surface area contributed by atoms with E-state index >= 15 is 0 Å². The van der Waals surface area contributed by atoms with Crippen molar-refractivity contribution in [3.05, 3.63) is 0 Å². The topological polar surface area (TPSA) is 174 Å². The molecule has 0 rings (SSSR count). The van der Waals surface area contributed by atoms with Gasteiger partial charge in [0.2, 0.25) is 0 Å². The first-order valence-corrected chi connectivity index (χ1v) is 6.74. The zero-order chi connectivity index (χ0) is 12.5. The molecular weight excluding hydrogens is 250 g/mol. The summed E-state index contributed by atoms with van der Waals surface area (Å²) >= 11 is 0. The van der Waals surface area contributed by atoms with Gasteiger partial charge in [0.1, 0.15) is 0 Å². The highest BCUT2D eigenvalue weighted by Gasteiger charge is 2.59. The van der Waals surface area contributed by atoms with Crippen molar-refractivity contribution in [2.45, 2.75) is 12.0 Å². The van der Waals surface area contributed by atoms with Crippen LogP contribution in [0.15, 0.2) is 4.99 Å². The highest BCUT2D eigenvalue weighted by molar-refractivity contribution is 7.72. The number of nitrogens with two attached hydrogens (primary N) is 1. The second kappa shape index (κ2) is 4.31. The molecule has 0 fully saturated rings. The summed E-state index contributed by atoms with van der Waals surface area (Å²) in [7, 11) is -10.9. The van der Waals surface area contributed by atoms with Gasteiger partial charge < -0.3 is 30.4 Å². The Morgan fingerprint density at radius 2 is 1.60 bits per heavy atom. The van der Waals surface area contributed by atoms with Crippen LogP contribution in [0.2, 0.25) is 0 Å². The first kappa shape index (κ1) is 14.7. The Labute approximate surface area is 85.0 Å². The first-order valence-electron chi connectivity index (χ1n) is 3.52. The molecule has 0 heterocycles. The molecule has 15 heavy (non-hydrogen) atoms. The fourth-order valence-corrected chi connectivity index (χ4v) is 2.45. The number of rotatable bonds is 4. The third-order valence-corrected chi connectivity index (χ3v) is 5.19. The zero-order valence-electron chi connectivity index (χ0n) is 7.68. The van der Waals surface area contributed by atoms with E-state index in [4.69, 9.17) is 25.3 Å². The molecule has 11 heteroatoms. The van der Waals surface area contributed by atoms with Gasteiger partial charge in [0, 0.05) is 0 Å². The van der Waals surface area contributed by atoms with Gasteiger partial charge in [-0.3, -0.25) is 14.1 Å². The van der Waals surface area contributed by atoms with Gasteiger partial charge in [0.15, 0.2) is 0 Å². The molecule has 0 bridgehead atoms. The quantitative estimate of drug-likeness (QED) is 0.199. The lowest BCUT2D eigenvalue weighted by molar-refractivity contribution is 0.138. The van der Waals surface area contributed by atoms with Gasteiger partial charge in [-0.25, -0.2) is 0 Å². The van der Waals surface area contributed by atoms with Crippen molar-refractivity contribution in [3.63, 3.8) is 0 Å². The van der Waals surface area contributed by atoms with Gasteiger partial charge in [-0.05, 0) is 6.92 Å². The number of hydrogen-bond acceptors (Lipinski definition) is 4. The van der Waals surface area contributed by atoms with Gasteiger partial charge in [-0.15, -0.1) is 0 Å². The molecule has 0 atom stereocenters. The summed E-state index contributed by atoms with van der Waals surface area (Å²) in [6.07, 6.45) is 0. The second-order valence-corrected chi connectivity index (χ2v) is 6.83. The van der Waals surface area contributed by atoms with E-state index in [-0.39, 0.29) is 5.84 Å². The van der Waals surface area contributed by atoms with Crippen LogP contribution in [0.4, 0.5) is 0 Å². The molecule has 0 aromatic rings. The summed E-state index contributed by atoms with van der Waals surface area (Å²) in [5.41, 5.74) is 5.02. The molecule has 0 amide bonds. The largest absolute Gasteiger partial charge is 0.388 e. The molecule has 0 radical (unpaired) electrons. The number of aliphatic hydroxyl groups is 1. The smallest absolute Gasteiger partial charge is 0.371 e. The fraction of sp³-hybridized carbons (Fsp3) is 0.750. The Balaban J connectivity index is 5.36. The molecule has 0 aromatic carbocycles. The molecule has 0 spiro atoms. The molecule has 0 saturated heterocycles. The number of aliphatic imine (C=N–C) groups is 1. The SMILES string of the molecule is CC(N)=NCC(O)(P(=O)(O)O)P(=O)(O)O. The average Bonchev–Trinajstić information content (AvgIpc) is 1.95. The summed E-state index contributed by atoms with van der Waals surface area (Å²) in [6, 6.07) is 0. The molecule has 0 aliphatic heterocycles. The van der Waals surface area contributed by atoms with Gasteiger partial charge >= 0.3 is 15.2 Å². The summed E-state index contributed by atoms with van der Waals surface area (Å²) < 4.78 is 21.5. The minimum absolute atomic E-state index is 0.171. The van der Waals surface area contributed by atoms with Crippen LogP contribution >= 0.6 is 15.2 Å². The lowest BCUT2D eigenvalue weighted by Gasteiger charge is -2.27. The fourth-order valence-electron chi connectivity index (χ4n) is 0.585. The van der Waals surface area contributed by atoms with Gasteiger partial charge in [-0.1, -0.05) is 0 Å². The van der Waals surface area contributed by atoms with E-state index in [1.54, 1.807) is 0 Å². The lowest BCUT2D eigenvalue weighted by Crippen LogP contribution is -2.33. The minimum Gasteiger partial charge on any atom is -0.388 e. The monoisotopic (exact) mass is 262 g/mol. The first-order chi connectivity index (χ1) is 6.42. The Morgan fingerprint density at radius 1 is 1.27 bits per heavy atom. The minimum atomic E-state index is -5.44. The predicted octanol–water partition coefficient (Wildman–Crippen LogP) is -1.64. The number of amidine groups is 1. The van der Waals surface area contributed by atoms with E-state index < -0.39 is 26.8 Å². The third-order valence-electron chi connectivity index (χ3n) is 1.47. The van der Waals surface area contributed by atoms with E-state index in [9.17, 15) is 14.2 Å². The van der Waals surface area contributed by atoms with E-state index in [0.29, 0.717) is 0 Å². The average molecular weight is 262 g/mol. The van der Waals surface area contributed by atoms with Crippen LogP contribution in [0.3, 0.4) is 0 Å². The van der Waals surface area contributed by atoms with E-state index in [1.165, 1.54) is 6.92 Å². The predicted molar refractivity (Wildman–Crippen MR) is 51.2 cm³/mol. The number of nitrogens with zero attached hydrogens (tertiary/aromatic N) is 1. The van der Waals surface area contributed by atoms with Crippen molar-refractivity contribution in [1.82, 2.24) is 0 Å². The molecule has 0 unspecified atom stereocenters. The van der Waals surface area contributed by atoms with Crippen LogP contribution in [-0.2, 0) is 9.13 Å². The summed E-state index contributed by atoms with van der Waals surface area (Å²) in [5.74, 6) is -0.171. The molecule has 0 aromatic heterocycles. The lowest BCUT2D eigenvalue weighted by atomic mass is 10.6. The van der Waals surface area contributed by atoms with Crippen molar-refractivity contribution in [1.29, 1.82) is 0 Å². The Hall–Kier alpha value is -0.270. The van der Waals surface area contributed by atoms with Crippen LogP contribution in [0, 0.1) is 0 Å². The maximum absolute atomic E-state index is 10.8. The van der Waals surface area contributed by atoms with Crippen molar-refractivity contribution in [2.75, 3.05) is 6.54 Å². The number of hydrogen-bond donors (Lipinski definition) is 6. The second-order valence-electron chi connectivity index (χ2n) is 2.82. The molecular formula is C4H12N2O7P2. The van der Waals surface area contributed by atoms with Crippen LogP contribution < -0.4 is 5.73 Å². The third kappa shape index (κ3) is 3.35. The van der Waals surface area contributed by atoms with Crippen LogP contribution in [0.1, 0.15) is 6.92 Å². The Kier molecular flexibility index (Phi) is 4.23. The summed E-state index contributed by atoms with van der Waals surface area (Å²) in [5, 5.41) is 5.72. The van der Waals surface area contributed by atoms with E-state index in [0.717, 1.165) is 0 Å². The van der Waals surface area contributed by atoms with Crippen molar-refractivity contribution in [3.8, 4) is 0 Å². The van der Waals surface area contributed by atoms with Crippen LogP contribution in [-0.4, -0.2) is 42.1 Å². The molecule has 0 aliphatic carbocycles. The van der Waals surface area contributed by atoms with Crippen molar-refractivity contribution < 1.29 is 33.8 Å². The van der Waals surface area contributed by atoms with Crippen LogP contribution in [0.25, 0.3) is 0 Å². The van der Waals surface area contributed by atoms with Crippen molar-refractivity contribution in [2.24, 2.45) is 10.7 Å². The van der Waals surface area contributed by atoms with Gasteiger partial charge in [0.25, 0.3) is 5.08 Å². The molecule has 7 N–H and O–H groups in total. The van der Waals surface area contributed by atoms with Crippen molar-refractivity contribution >= 4 is 21.0 Å². The van der Waals surface area contributed by atoms with Gasteiger partial charge in [-0.2, -0.15) is 0 Å². The van der Waals surface area contributed by atoms with Gasteiger partial charge in [0.05, 0.1) is 12.4 Å². The maximum atomic E-state index is 10.8. The van der Waals surface area contributed by atoms with E-state index in [1.807, 2.05) is 0 Å². The Morgan fingerprint density at radius 3 is 1.80 bits per heavy atom. The molecule has 0 saturated carbocycles. The van der Waals surface area contributed by atoms with E-state index in [2.05, 4.69) is 4.99 Å². The van der Waals surface area contributed by atoms with Crippen LogP contribution in [0.5, 0.6) is 0 Å². The Bertz CT molecular complexity index is 328. The highest BCUT2D eigenvalue weighted by atomic mass is 31.2. The molecule has 0 aliphatic rings. The zero-order valence-corrected chi connectivity index (χ0v) is 9.47. The summed E-state index contributed by atoms with van der Waals surface area (Å²) in [6.45, 7) is 0.0592. The molecule has 90 valence electrons. The molecule has 9 nitrogen and oxygen atoms in total. The highest BCUT2D eigenvalue weighted by Crippen LogP contribution is 2.67. The summed E-state index contributed by atoms with van der Waals surface area (Å²) in [4.78, 5) is 37.8.